The largest absolute Gasteiger partial charge is 0.380 e. The molecule has 1 heterocycles. The van der Waals surface area contributed by atoms with Crippen molar-refractivity contribution < 1.29 is 4.74 Å². The summed E-state index contributed by atoms with van der Waals surface area (Å²) in [5, 5.41) is 3.51. The molecular formula is C11H14INO. The molecule has 0 bridgehead atoms. The molecule has 1 saturated heterocycles. The van der Waals surface area contributed by atoms with E-state index in [-0.39, 0.29) is 0 Å². The fourth-order valence-corrected chi connectivity index (χ4v) is 2.30. The number of anilines is 1. The molecule has 1 aliphatic heterocycles. The van der Waals surface area contributed by atoms with Gasteiger partial charge in [-0.1, -0.05) is 0 Å². The second kappa shape index (κ2) is 4.49. The molecule has 14 heavy (non-hydrogen) atoms. The van der Waals surface area contributed by atoms with E-state index in [1.807, 2.05) is 0 Å². The highest BCUT2D eigenvalue weighted by atomic mass is 127. The summed E-state index contributed by atoms with van der Waals surface area (Å²) in [6.45, 7) is 3.87. The van der Waals surface area contributed by atoms with Gasteiger partial charge in [0.25, 0.3) is 0 Å². The van der Waals surface area contributed by atoms with Gasteiger partial charge in [0.05, 0.1) is 12.6 Å². The average molecular weight is 303 g/mol. The van der Waals surface area contributed by atoms with Crippen molar-refractivity contribution in [3.05, 3.63) is 27.3 Å². The smallest absolute Gasteiger partial charge is 0.0668 e. The SMILES string of the molecule is Cc1cc(I)ccc1NC1CCOC1. The third kappa shape index (κ3) is 2.39. The number of ether oxygens (including phenoxy) is 1. The van der Waals surface area contributed by atoms with Crippen LogP contribution in [0.1, 0.15) is 12.0 Å². The van der Waals surface area contributed by atoms with Gasteiger partial charge >= 0.3 is 0 Å². The predicted octanol–water partition coefficient (Wildman–Crippen LogP) is 2.80. The zero-order valence-corrected chi connectivity index (χ0v) is 10.4. The standard InChI is InChI=1S/C11H14INO/c1-8-6-9(12)2-3-11(8)13-10-4-5-14-7-10/h2-3,6,10,13H,4-5,7H2,1H3. The number of halogens is 1. The Morgan fingerprint density at radius 2 is 2.36 bits per heavy atom. The van der Waals surface area contributed by atoms with Crippen LogP contribution >= 0.6 is 22.6 Å². The molecule has 1 N–H and O–H groups in total. The Balaban J connectivity index is 2.08. The fraction of sp³-hybridized carbons (Fsp3) is 0.455. The number of hydrogen-bond donors (Lipinski definition) is 1. The van der Waals surface area contributed by atoms with Crippen molar-refractivity contribution >= 4 is 28.3 Å². The summed E-state index contributed by atoms with van der Waals surface area (Å²) < 4.78 is 6.61. The van der Waals surface area contributed by atoms with Gasteiger partial charge in [0.1, 0.15) is 0 Å². The van der Waals surface area contributed by atoms with Gasteiger partial charge in [-0.2, -0.15) is 0 Å². The molecule has 2 nitrogen and oxygen atoms in total. The lowest BCUT2D eigenvalue weighted by Crippen LogP contribution is -2.19. The van der Waals surface area contributed by atoms with Crippen LogP contribution in [0.15, 0.2) is 18.2 Å². The van der Waals surface area contributed by atoms with E-state index in [1.54, 1.807) is 0 Å². The quantitative estimate of drug-likeness (QED) is 0.848. The van der Waals surface area contributed by atoms with E-state index >= 15 is 0 Å². The maximum Gasteiger partial charge on any atom is 0.0668 e. The maximum atomic E-state index is 5.33. The summed E-state index contributed by atoms with van der Waals surface area (Å²) in [7, 11) is 0. The van der Waals surface area contributed by atoms with Gasteiger partial charge < -0.3 is 10.1 Å². The van der Waals surface area contributed by atoms with E-state index in [4.69, 9.17) is 4.74 Å². The third-order valence-electron chi connectivity index (χ3n) is 2.48. The number of nitrogens with one attached hydrogen (secondary N) is 1. The Kier molecular flexibility index (Phi) is 3.28. The zero-order valence-electron chi connectivity index (χ0n) is 8.22. The molecule has 1 fully saturated rings. The van der Waals surface area contributed by atoms with Gasteiger partial charge in [0.15, 0.2) is 0 Å². The van der Waals surface area contributed by atoms with Crippen LogP contribution in [0.25, 0.3) is 0 Å². The third-order valence-corrected chi connectivity index (χ3v) is 3.15. The van der Waals surface area contributed by atoms with Crippen LogP contribution in [0.3, 0.4) is 0 Å². The normalized spacial score (nSPS) is 21.1. The van der Waals surface area contributed by atoms with Crippen molar-refractivity contribution in [2.75, 3.05) is 18.5 Å². The minimum atomic E-state index is 0.494. The summed E-state index contributed by atoms with van der Waals surface area (Å²) in [5.74, 6) is 0. The highest BCUT2D eigenvalue weighted by molar-refractivity contribution is 14.1. The van der Waals surface area contributed by atoms with Crippen LogP contribution in [0.2, 0.25) is 0 Å². The van der Waals surface area contributed by atoms with E-state index in [1.165, 1.54) is 14.8 Å². The van der Waals surface area contributed by atoms with Crippen molar-refractivity contribution in [3.63, 3.8) is 0 Å². The molecular weight excluding hydrogens is 289 g/mol. The first kappa shape index (κ1) is 10.2. The summed E-state index contributed by atoms with van der Waals surface area (Å²) in [5.41, 5.74) is 2.55. The molecule has 1 aromatic rings. The molecule has 76 valence electrons. The van der Waals surface area contributed by atoms with Gasteiger partial charge in [-0.25, -0.2) is 0 Å². The number of hydrogen-bond acceptors (Lipinski definition) is 2. The molecule has 1 aromatic carbocycles. The highest BCUT2D eigenvalue weighted by Gasteiger charge is 2.15. The second-order valence-corrected chi connectivity index (χ2v) is 4.91. The summed E-state index contributed by atoms with van der Waals surface area (Å²) in [6, 6.07) is 6.97. The molecule has 0 spiro atoms. The van der Waals surface area contributed by atoms with Crippen molar-refractivity contribution in [2.45, 2.75) is 19.4 Å². The van der Waals surface area contributed by atoms with E-state index in [0.29, 0.717) is 6.04 Å². The van der Waals surface area contributed by atoms with Crippen molar-refractivity contribution in [1.82, 2.24) is 0 Å². The van der Waals surface area contributed by atoms with Gasteiger partial charge in [-0.05, 0) is 59.7 Å². The predicted molar refractivity (Wildman–Crippen MR) is 66.7 cm³/mol. The van der Waals surface area contributed by atoms with E-state index < -0.39 is 0 Å². The molecule has 0 saturated carbocycles. The number of rotatable bonds is 2. The minimum Gasteiger partial charge on any atom is -0.380 e. The lowest BCUT2D eigenvalue weighted by atomic mass is 10.1. The summed E-state index contributed by atoms with van der Waals surface area (Å²) >= 11 is 2.33. The topological polar surface area (TPSA) is 21.3 Å². The van der Waals surface area contributed by atoms with Gasteiger partial charge in [0.2, 0.25) is 0 Å². The van der Waals surface area contributed by atoms with Crippen LogP contribution in [-0.4, -0.2) is 19.3 Å². The molecule has 0 radical (unpaired) electrons. The summed E-state index contributed by atoms with van der Waals surface area (Å²) in [4.78, 5) is 0. The maximum absolute atomic E-state index is 5.33. The highest BCUT2D eigenvalue weighted by Crippen LogP contribution is 2.20. The Labute approximate surface area is 98.2 Å². The Bertz CT molecular complexity index is 321. The fourth-order valence-electron chi connectivity index (χ4n) is 1.66. The van der Waals surface area contributed by atoms with Crippen LogP contribution < -0.4 is 5.32 Å². The molecule has 3 heteroatoms. The zero-order chi connectivity index (χ0) is 9.97. The molecule has 0 aliphatic carbocycles. The lowest BCUT2D eigenvalue weighted by Gasteiger charge is -2.14. The van der Waals surface area contributed by atoms with Crippen molar-refractivity contribution in [2.24, 2.45) is 0 Å². The molecule has 1 unspecified atom stereocenters. The van der Waals surface area contributed by atoms with Crippen molar-refractivity contribution in [3.8, 4) is 0 Å². The molecule has 1 atom stereocenters. The molecule has 0 aromatic heterocycles. The summed E-state index contributed by atoms with van der Waals surface area (Å²) in [6.07, 6.45) is 1.12. The molecule has 0 amide bonds. The van der Waals surface area contributed by atoms with Gasteiger partial charge in [-0.15, -0.1) is 0 Å². The average Bonchev–Trinajstić information content (AvgIpc) is 2.62. The van der Waals surface area contributed by atoms with Gasteiger partial charge in [-0.3, -0.25) is 0 Å². The monoisotopic (exact) mass is 303 g/mol. The van der Waals surface area contributed by atoms with Crippen LogP contribution in [0.5, 0.6) is 0 Å². The van der Waals surface area contributed by atoms with E-state index in [2.05, 4.69) is 53.0 Å². The minimum absolute atomic E-state index is 0.494. The Hall–Kier alpha value is -0.290. The van der Waals surface area contributed by atoms with Crippen molar-refractivity contribution in [1.29, 1.82) is 0 Å². The Morgan fingerprint density at radius 1 is 1.50 bits per heavy atom. The number of aryl methyl sites for hydroxylation is 1. The van der Waals surface area contributed by atoms with Gasteiger partial charge in [0, 0.05) is 15.9 Å². The first-order valence-corrected chi connectivity index (χ1v) is 5.94. The Morgan fingerprint density at radius 3 is 3.00 bits per heavy atom. The first-order valence-electron chi connectivity index (χ1n) is 4.86. The second-order valence-electron chi connectivity index (χ2n) is 3.66. The van der Waals surface area contributed by atoms with E-state index in [0.717, 1.165) is 19.6 Å². The molecule has 1 aliphatic rings. The lowest BCUT2D eigenvalue weighted by molar-refractivity contribution is 0.195. The van der Waals surface area contributed by atoms with Crippen LogP contribution in [0, 0.1) is 10.5 Å². The van der Waals surface area contributed by atoms with E-state index in [9.17, 15) is 0 Å². The van der Waals surface area contributed by atoms with Crippen LogP contribution in [0.4, 0.5) is 5.69 Å². The van der Waals surface area contributed by atoms with Crippen LogP contribution in [-0.2, 0) is 4.74 Å². The number of benzene rings is 1. The first-order chi connectivity index (χ1) is 6.75. The molecule has 2 rings (SSSR count).